The summed E-state index contributed by atoms with van der Waals surface area (Å²) in [6.07, 6.45) is 2.00. The van der Waals surface area contributed by atoms with Crippen molar-refractivity contribution in [2.24, 2.45) is 0 Å². The van der Waals surface area contributed by atoms with Crippen LogP contribution in [-0.2, 0) is 6.42 Å². The Kier molecular flexibility index (Phi) is 3.01. The summed E-state index contributed by atoms with van der Waals surface area (Å²) >= 11 is 0. The maximum atomic E-state index is 13.9. The molecule has 0 N–H and O–H groups in total. The number of hydrogen-bond acceptors (Lipinski definition) is 1. The molecular weight excluding hydrogens is 299 g/mol. The molecule has 4 heteroatoms. The quantitative estimate of drug-likeness (QED) is 0.580. The summed E-state index contributed by atoms with van der Waals surface area (Å²) < 4.78 is 40.8. The molecule has 114 valence electrons. The highest BCUT2D eigenvalue weighted by Crippen LogP contribution is 2.35. The van der Waals surface area contributed by atoms with Crippen molar-refractivity contribution < 1.29 is 13.2 Å². The number of pyridine rings is 1. The highest BCUT2D eigenvalue weighted by atomic mass is 19.2. The number of fused-ring (bicyclic) bond motifs is 2. The zero-order valence-electron chi connectivity index (χ0n) is 12.3. The van der Waals surface area contributed by atoms with Gasteiger partial charge in [-0.15, -0.1) is 0 Å². The number of aromatic nitrogens is 1. The van der Waals surface area contributed by atoms with Crippen molar-refractivity contribution in [3.8, 4) is 0 Å². The van der Waals surface area contributed by atoms with Crippen LogP contribution in [0.4, 0.5) is 13.2 Å². The predicted octanol–water partition coefficient (Wildman–Crippen LogP) is 4.95. The van der Waals surface area contributed by atoms with Crippen molar-refractivity contribution in [2.75, 3.05) is 0 Å². The number of nitrogens with zero attached hydrogens (tertiary/aromatic N) is 1. The summed E-state index contributed by atoms with van der Waals surface area (Å²) in [5, 5.41) is 0.995. The Labute approximate surface area is 131 Å². The van der Waals surface area contributed by atoms with Gasteiger partial charge in [0.1, 0.15) is 0 Å². The summed E-state index contributed by atoms with van der Waals surface area (Å²) in [5.41, 5.74) is 3.74. The lowest BCUT2D eigenvalue weighted by atomic mass is 10.0. The molecule has 0 bridgehead atoms. The average molecular weight is 311 g/mol. The third-order valence-corrected chi connectivity index (χ3v) is 4.19. The molecule has 0 unspecified atom stereocenters. The average Bonchev–Trinajstić information content (AvgIpc) is 2.95. The molecule has 0 radical (unpaired) electrons. The van der Waals surface area contributed by atoms with Crippen LogP contribution in [0.1, 0.15) is 22.4 Å². The first-order valence-electron chi connectivity index (χ1n) is 7.29. The van der Waals surface area contributed by atoms with Crippen molar-refractivity contribution in [3.05, 3.63) is 82.3 Å². The number of halogens is 3. The van der Waals surface area contributed by atoms with E-state index in [1.165, 1.54) is 0 Å². The fourth-order valence-electron chi connectivity index (χ4n) is 3.01. The van der Waals surface area contributed by atoms with Gasteiger partial charge in [0.25, 0.3) is 0 Å². The van der Waals surface area contributed by atoms with Gasteiger partial charge in [-0.05, 0) is 42.7 Å². The molecule has 0 spiro atoms. The minimum absolute atomic E-state index is 0.185. The molecule has 0 saturated heterocycles. The van der Waals surface area contributed by atoms with E-state index >= 15 is 0 Å². The van der Waals surface area contributed by atoms with Gasteiger partial charge in [-0.2, -0.15) is 0 Å². The number of aryl methyl sites for hydroxylation is 1. The fourth-order valence-corrected chi connectivity index (χ4v) is 3.01. The van der Waals surface area contributed by atoms with Gasteiger partial charge in [-0.1, -0.05) is 24.3 Å². The molecule has 2 aromatic carbocycles. The van der Waals surface area contributed by atoms with E-state index in [-0.39, 0.29) is 12.0 Å². The summed E-state index contributed by atoms with van der Waals surface area (Å²) in [5.74, 6) is -3.70. The molecule has 0 aliphatic heterocycles. The standard InChI is InChI=1S/C19H12F3N/c1-10-2-3-11-4-7-16(23-17(11)8-10)12-5-6-13-14(12)9-15(20)19(22)18(13)21/h2-5,7-9H,6H2,1H3. The fraction of sp³-hybridized carbons (Fsp3) is 0.105. The zero-order chi connectivity index (χ0) is 16.1. The molecule has 3 aromatic rings. The maximum absolute atomic E-state index is 13.9. The topological polar surface area (TPSA) is 12.9 Å². The number of benzene rings is 2. The van der Waals surface area contributed by atoms with Crippen LogP contribution in [0.25, 0.3) is 16.5 Å². The first-order chi connectivity index (χ1) is 11.0. The Morgan fingerprint density at radius 1 is 0.957 bits per heavy atom. The van der Waals surface area contributed by atoms with E-state index in [0.29, 0.717) is 16.8 Å². The second-order valence-electron chi connectivity index (χ2n) is 5.73. The van der Waals surface area contributed by atoms with E-state index in [4.69, 9.17) is 0 Å². The second-order valence-corrected chi connectivity index (χ2v) is 5.73. The first-order valence-corrected chi connectivity index (χ1v) is 7.29. The van der Waals surface area contributed by atoms with Crippen LogP contribution in [-0.4, -0.2) is 4.98 Å². The second kappa shape index (κ2) is 4.95. The molecule has 1 nitrogen and oxygen atoms in total. The molecule has 0 atom stereocenters. The van der Waals surface area contributed by atoms with Gasteiger partial charge in [0.15, 0.2) is 17.5 Å². The Morgan fingerprint density at radius 2 is 1.74 bits per heavy atom. The third-order valence-electron chi connectivity index (χ3n) is 4.19. The Hall–Kier alpha value is -2.62. The SMILES string of the molecule is Cc1ccc2ccc(C3=CCc4c3cc(F)c(F)c4F)nc2c1. The lowest BCUT2D eigenvalue weighted by Crippen LogP contribution is -2.00. The minimum atomic E-state index is -1.42. The Morgan fingerprint density at radius 3 is 2.57 bits per heavy atom. The van der Waals surface area contributed by atoms with E-state index in [0.717, 1.165) is 22.5 Å². The molecule has 0 amide bonds. The van der Waals surface area contributed by atoms with E-state index < -0.39 is 17.5 Å². The minimum Gasteiger partial charge on any atom is -0.248 e. The van der Waals surface area contributed by atoms with Crippen LogP contribution >= 0.6 is 0 Å². The van der Waals surface area contributed by atoms with Crippen LogP contribution < -0.4 is 0 Å². The highest BCUT2D eigenvalue weighted by Gasteiger charge is 2.25. The predicted molar refractivity (Wildman–Crippen MR) is 83.6 cm³/mol. The van der Waals surface area contributed by atoms with Gasteiger partial charge in [-0.25, -0.2) is 18.2 Å². The molecule has 1 aliphatic carbocycles. The number of allylic oxidation sites excluding steroid dienone is 1. The summed E-state index contributed by atoms with van der Waals surface area (Å²) in [4.78, 5) is 4.59. The summed E-state index contributed by atoms with van der Waals surface area (Å²) in [6.45, 7) is 1.98. The van der Waals surface area contributed by atoms with E-state index in [2.05, 4.69) is 4.98 Å². The van der Waals surface area contributed by atoms with Crippen molar-refractivity contribution in [3.63, 3.8) is 0 Å². The zero-order valence-corrected chi connectivity index (χ0v) is 12.3. The van der Waals surface area contributed by atoms with Crippen molar-refractivity contribution >= 4 is 16.5 Å². The van der Waals surface area contributed by atoms with Gasteiger partial charge < -0.3 is 0 Å². The van der Waals surface area contributed by atoms with E-state index in [1.807, 2.05) is 37.3 Å². The van der Waals surface area contributed by atoms with Gasteiger partial charge in [0.2, 0.25) is 0 Å². The molecule has 1 aromatic heterocycles. The molecule has 0 fully saturated rings. The van der Waals surface area contributed by atoms with Crippen LogP contribution in [0.15, 0.2) is 42.5 Å². The molecule has 1 heterocycles. The maximum Gasteiger partial charge on any atom is 0.194 e. The Bertz CT molecular complexity index is 990. The van der Waals surface area contributed by atoms with Crippen molar-refractivity contribution in [2.45, 2.75) is 13.3 Å². The molecule has 4 rings (SSSR count). The largest absolute Gasteiger partial charge is 0.248 e. The highest BCUT2D eigenvalue weighted by molar-refractivity contribution is 5.87. The van der Waals surface area contributed by atoms with Crippen molar-refractivity contribution in [1.82, 2.24) is 4.98 Å². The molecule has 23 heavy (non-hydrogen) atoms. The van der Waals surface area contributed by atoms with Crippen molar-refractivity contribution in [1.29, 1.82) is 0 Å². The lowest BCUT2D eigenvalue weighted by Gasteiger charge is -2.09. The number of hydrogen-bond donors (Lipinski definition) is 0. The molecule has 1 aliphatic rings. The van der Waals surface area contributed by atoms with Crippen LogP contribution in [0.5, 0.6) is 0 Å². The molecule has 0 saturated carbocycles. The monoisotopic (exact) mass is 311 g/mol. The Balaban J connectivity index is 1.88. The van der Waals surface area contributed by atoms with E-state index in [9.17, 15) is 13.2 Å². The summed E-state index contributed by atoms with van der Waals surface area (Å²) in [7, 11) is 0. The smallest absolute Gasteiger partial charge is 0.194 e. The van der Waals surface area contributed by atoms with Crippen LogP contribution in [0.3, 0.4) is 0 Å². The normalized spacial score (nSPS) is 13.3. The molecular formula is C19H12F3N. The summed E-state index contributed by atoms with van der Waals surface area (Å²) in [6, 6.07) is 10.7. The third kappa shape index (κ3) is 2.13. The van der Waals surface area contributed by atoms with E-state index in [1.54, 1.807) is 6.08 Å². The van der Waals surface area contributed by atoms with Crippen LogP contribution in [0, 0.1) is 24.4 Å². The lowest BCUT2D eigenvalue weighted by molar-refractivity contribution is 0.442. The number of rotatable bonds is 1. The van der Waals surface area contributed by atoms with Gasteiger partial charge in [-0.3, -0.25) is 0 Å². The van der Waals surface area contributed by atoms with Gasteiger partial charge >= 0.3 is 0 Å². The van der Waals surface area contributed by atoms with Gasteiger partial charge in [0.05, 0.1) is 11.2 Å². The van der Waals surface area contributed by atoms with Gasteiger partial charge in [0, 0.05) is 16.5 Å². The van der Waals surface area contributed by atoms with Crippen LogP contribution in [0.2, 0.25) is 0 Å². The first kappa shape index (κ1) is 14.0.